The van der Waals surface area contributed by atoms with Crippen LogP contribution in [0.25, 0.3) is 0 Å². The number of benzene rings is 2. The number of ether oxygens (including phenoxy) is 3. The lowest BCUT2D eigenvalue weighted by molar-refractivity contribution is -0.157. The second-order valence-electron chi connectivity index (χ2n) is 5.66. The van der Waals surface area contributed by atoms with Crippen LogP contribution in [-0.4, -0.2) is 31.8 Å². The topological polar surface area (TPSA) is 70.8 Å². The molecule has 5 nitrogen and oxygen atoms in total. The van der Waals surface area contributed by atoms with Crippen LogP contribution in [0.3, 0.4) is 0 Å². The van der Waals surface area contributed by atoms with Gasteiger partial charge in [-0.3, -0.25) is 0 Å². The quantitative estimate of drug-likeness (QED) is 0.659. The number of hydrogen-bond acceptors (Lipinski definition) is 5. The zero-order valence-corrected chi connectivity index (χ0v) is 14.8. The van der Waals surface area contributed by atoms with Gasteiger partial charge < -0.3 is 19.9 Å². The van der Waals surface area contributed by atoms with Crippen LogP contribution in [0, 0.1) is 5.82 Å². The molecule has 0 aliphatic carbocycles. The molecule has 0 aliphatic rings. The van der Waals surface area contributed by atoms with Crippen LogP contribution in [-0.2, 0) is 27.3 Å². The van der Waals surface area contributed by atoms with Gasteiger partial charge in [0.25, 0.3) is 0 Å². The molecule has 2 N–H and O–H groups in total. The Morgan fingerprint density at radius 2 is 1.73 bits per heavy atom. The van der Waals surface area contributed by atoms with Crippen LogP contribution in [0.4, 0.5) is 4.39 Å². The van der Waals surface area contributed by atoms with Crippen LogP contribution in [0.2, 0.25) is 0 Å². The fourth-order valence-electron chi connectivity index (χ4n) is 2.34. The van der Waals surface area contributed by atoms with E-state index in [1.165, 1.54) is 12.1 Å². The highest BCUT2D eigenvalue weighted by atomic mass is 19.1. The molecule has 0 saturated heterocycles. The Morgan fingerprint density at radius 1 is 1.08 bits per heavy atom. The average Bonchev–Trinajstić information content (AvgIpc) is 2.66. The Morgan fingerprint density at radius 3 is 2.35 bits per heavy atom. The standard InChI is InChI=1S/C20H24FNO4/c1-2-24-20(23)19(26-14-16-3-7-17(21)8-4-16)13-15-5-9-18(10-6-15)25-12-11-22/h3-10,19H,2,11-14,22H2,1H3. The molecule has 1 unspecified atom stereocenters. The second kappa shape index (κ2) is 10.5. The molecule has 2 aromatic rings. The van der Waals surface area contributed by atoms with E-state index in [2.05, 4.69) is 0 Å². The predicted molar refractivity (Wildman–Crippen MR) is 96.3 cm³/mol. The predicted octanol–water partition coefficient (Wildman–Crippen LogP) is 2.85. The summed E-state index contributed by atoms with van der Waals surface area (Å²) >= 11 is 0. The molecule has 140 valence electrons. The lowest BCUT2D eigenvalue weighted by atomic mass is 10.1. The molecule has 2 aromatic carbocycles. The minimum Gasteiger partial charge on any atom is -0.492 e. The Hall–Kier alpha value is -2.44. The highest BCUT2D eigenvalue weighted by Gasteiger charge is 2.21. The second-order valence-corrected chi connectivity index (χ2v) is 5.66. The Balaban J connectivity index is 1.99. The fraction of sp³-hybridized carbons (Fsp3) is 0.350. The molecule has 0 saturated carbocycles. The number of hydrogen-bond donors (Lipinski definition) is 1. The lowest BCUT2D eigenvalue weighted by Gasteiger charge is -2.17. The van der Waals surface area contributed by atoms with Gasteiger partial charge in [-0.05, 0) is 42.3 Å². The summed E-state index contributed by atoms with van der Waals surface area (Å²) in [7, 11) is 0. The van der Waals surface area contributed by atoms with Crippen molar-refractivity contribution >= 4 is 5.97 Å². The largest absolute Gasteiger partial charge is 0.492 e. The monoisotopic (exact) mass is 361 g/mol. The van der Waals surface area contributed by atoms with E-state index in [4.69, 9.17) is 19.9 Å². The van der Waals surface area contributed by atoms with Crippen molar-refractivity contribution in [3.05, 3.63) is 65.5 Å². The molecule has 26 heavy (non-hydrogen) atoms. The van der Waals surface area contributed by atoms with E-state index in [-0.39, 0.29) is 19.0 Å². The number of rotatable bonds is 10. The zero-order valence-electron chi connectivity index (χ0n) is 14.8. The molecular formula is C20H24FNO4. The van der Waals surface area contributed by atoms with E-state index in [1.54, 1.807) is 19.1 Å². The van der Waals surface area contributed by atoms with Crippen LogP contribution < -0.4 is 10.5 Å². The molecule has 0 amide bonds. The normalized spacial score (nSPS) is 11.8. The summed E-state index contributed by atoms with van der Waals surface area (Å²) in [5.74, 6) is -0.00942. The summed E-state index contributed by atoms with van der Waals surface area (Å²) in [6.45, 7) is 3.12. The Kier molecular flexibility index (Phi) is 8.05. The summed E-state index contributed by atoms with van der Waals surface area (Å²) in [5, 5.41) is 0. The van der Waals surface area contributed by atoms with Gasteiger partial charge in [0.15, 0.2) is 6.10 Å². The van der Waals surface area contributed by atoms with Crippen molar-refractivity contribution in [2.45, 2.75) is 26.1 Å². The van der Waals surface area contributed by atoms with E-state index < -0.39 is 12.1 Å². The van der Waals surface area contributed by atoms with Crippen molar-refractivity contribution in [2.75, 3.05) is 19.8 Å². The molecule has 6 heteroatoms. The van der Waals surface area contributed by atoms with Gasteiger partial charge >= 0.3 is 5.97 Å². The SMILES string of the molecule is CCOC(=O)C(Cc1ccc(OCCN)cc1)OCc1ccc(F)cc1. The van der Waals surface area contributed by atoms with Gasteiger partial charge in [0.2, 0.25) is 0 Å². The van der Waals surface area contributed by atoms with Crippen molar-refractivity contribution in [1.29, 1.82) is 0 Å². The first-order chi connectivity index (χ1) is 12.6. The van der Waals surface area contributed by atoms with Gasteiger partial charge in [-0.1, -0.05) is 24.3 Å². The highest BCUT2D eigenvalue weighted by molar-refractivity contribution is 5.75. The van der Waals surface area contributed by atoms with Gasteiger partial charge in [-0.15, -0.1) is 0 Å². The van der Waals surface area contributed by atoms with Gasteiger partial charge in [-0.25, -0.2) is 9.18 Å². The van der Waals surface area contributed by atoms with E-state index >= 15 is 0 Å². The zero-order chi connectivity index (χ0) is 18.8. The van der Waals surface area contributed by atoms with Gasteiger partial charge in [0.05, 0.1) is 13.2 Å². The van der Waals surface area contributed by atoms with E-state index in [9.17, 15) is 9.18 Å². The van der Waals surface area contributed by atoms with Crippen LogP contribution in [0.5, 0.6) is 5.75 Å². The first kappa shape index (κ1) is 19.9. The maximum Gasteiger partial charge on any atom is 0.335 e. The third kappa shape index (κ3) is 6.46. The first-order valence-corrected chi connectivity index (χ1v) is 8.57. The van der Waals surface area contributed by atoms with E-state index in [0.717, 1.165) is 16.9 Å². The van der Waals surface area contributed by atoms with E-state index in [0.29, 0.717) is 19.6 Å². The summed E-state index contributed by atoms with van der Waals surface area (Å²) in [5.41, 5.74) is 7.11. The van der Waals surface area contributed by atoms with Crippen molar-refractivity contribution in [2.24, 2.45) is 5.73 Å². The molecule has 0 heterocycles. The minimum absolute atomic E-state index is 0.196. The number of carbonyl (C=O) groups is 1. The van der Waals surface area contributed by atoms with Gasteiger partial charge in [0, 0.05) is 13.0 Å². The van der Waals surface area contributed by atoms with Gasteiger partial charge in [0.1, 0.15) is 18.2 Å². The summed E-state index contributed by atoms with van der Waals surface area (Å²) < 4.78 is 29.3. The number of nitrogens with two attached hydrogens (primary N) is 1. The number of esters is 1. The maximum absolute atomic E-state index is 13.0. The average molecular weight is 361 g/mol. The third-order valence-corrected chi connectivity index (χ3v) is 3.64. The van der Waals surface area contributed by atoms with Crippen molar-refractivity contribution in [3.8, 4) is 5.75 Å². The smallest absolute Gasteiger partial charge is 0.335 e. The molecular weight excluding hydrogens is 337 g/mol. The molecule has 0 fully saturated rings. The maximum atomic E-state index is 13.0. The summed E-state index contributed by atoms with van der Waals surface area (Å²) in [6.07, 6.45) is -0.368. The molecule has 0 radical (unpaired) electrons. The van der Waals surface area contributed by atoms with Crippen LogP contribution in [0.1, 0.15) is 18.1 Å². The Bertz CT molecular complexity index is 673. The molecule has 1 atom stereocenters. The van der Waals surface area contributed by atoms with Crippen molar-refractivity contribution in [1.82, 2.24) is 0 Å². The fourth-order valence-corrected chi connectivity index (χ4v) is 2.34. The van der Waals surface area contributed by atoms with Crippen LogP contribution in [0.15, 0.2) is 48.5 Å². The van der Waals surface area contributed by atoms with Crippen molar-refractivity contribution < 1.29 is 23.4 Å². The Labute approximate surface area is 152 Å². The molecule has 0 aromatic heterocycles. The van der Waals surface area contributed by atoms with Gasteiger partial charge in [-0.2, -0.15) is 0 Å². The minimum atomic E-state index is -0.740. The third-order valence-electron chi connectivity index (χ3n) is 3.64. The molecule has 0 spiro atoms. The number of carbonyl (C=O) groups excluding carboxylic acids is 1. The summed E-state index contributed by atoms with van der Waals surface area (Å²) in [6, 6.07) is 13.4. The van der Waals surface area contributed by atoms with Crippen molar-refractivity contribution in [3.63, 3.8) is 0 Å². The van der Waals surface area contributed by atoms with Crippen LogP contribution >= 0.6 is 0 Å². The lowest BCUT2D eigenvalue weighted by Crippen LogP contribution is -2.28. The first-order valence-electron chi connectivity index (χ1n) is 8.57. The number of halogens is 1. The molecule has 0 aliphatic heterocycles. The highest BCUT2D eigenvalue weighted by Crippen LogP contribution is 2.16. The molecule has 2 rings (SSSR count). The summed E-state index contributed by atoms with van der Waals surface area (Å²) in [4.78, 5) is 12.2. The molecule has 0 bridgehead atoms. The van der Waals surface area contributed by atoms with E-state index in [1.807, 2.05) is 24.3 Å².